The van der Waals surface area contributed by atoms with Crippen LogP contribution in [0.1, 0.15) is 30.9 Å². The zero-order chi connectivity index (χ0) is 19.8. The van der Waals surface area contributed by atoms with Crippen molar-refractivity contribution in [1.82, 2.24) is 9.30 Å². The Hall–Kier alpha value is -2.56. The molecule has 1 N–H and O–H groups in total. The molecule has 4 heterocycles. The summed E-state index contributed by atoms with van der Waals surface area (Å²) in [5.41, 5.74) is 8.14. The van der Waals surface area contributed by atoms with Crippen LogP contribution in [-0.4, -0.2) is 40.6 Å². The molecular formula is C25H28N2O2. The minimum absolute atomic E-state index is 0.333. The molecule has 3 aromatic heterocycles. The Morgan fingerprint density at radius 3 is 2.59 bits per heavy atom. The molecule has 1 aromatic carbocycles. The number of benzene rings is 1. The second-order valence-electron chi connectivity index (χ2n) is 8.01. The number of aromatic hydroxyl groups is 1. The number of rotatable bonds is 7. The first-order chi connectivity index (χ1) is 14.3. The lowest BCUT2D eigenvalue weighted by atomic mass is 9.98. The molecule has 0 atom stereocenters. The lowest BCUT2D eigenvalue weighted by Crippen LogP contribution is -2.23. The number of phenolic OH excluding ortho intramolecular Hbond substituents is 1. The third-order valence-corrected chi connectivity index (χ3v) is 6.27. The maximum absolute atomic E-state index is 10.5. The van der Waals surface area contributed by atoms with E-state index in [1.807, 2.05) is 18.2 Å². The van der Waals surface area contributed by atoms with Gasteiger partial charge in [-0.2, -0.15) is 0 Å². The number of nitrogens with zero attached hydrogens (tertiary/aromatic N) is 2. The molecule has 0 bridgehead atoms. The number of ether oxygens (including phenoxy) is 1. The summed E-state index contributed by atoms with van der Waals surface area (Å²) in [7, 11) is 0. The van der Waals surface area contributed by atoms with Crippen molar-refractivity contribution in [3.8, 4) is 16.9 Å². The van der Waals surface area contributed by atoms with Crippen LogP contribution in [0.2, 0.25) is 0 Å². The van der Waals surface area contributed by atoms with Crippen LogP contribution in [-0.2, 0) is 17.8 Å². The Morgan fingerprint density at radius 1 is 1.00 bits per heavy atom. The number of aromatic nitrogens is 1. The van der Waals surface area contributed by atoms with Crippen molar-refractivity contribution in [3.63, 3.8) is 0 Å². The molecule has 0 amide bonds. The summed E-state index contributed by atoms with van der Waals surface area (Å²) in [6, 6.07) is 16.3. The van der Waals surface area contributed by atoms with Crippen LogP contribution < -0.4 is 0 Å². The number of pyridine rings is 1. The van der Waals surface area contributed by atoms with E-state index in [0.717, 1.165) is 36.2 Å². The fraction of sp³-hybridized carbons (Fsp3) is 0.360. The quantitative estimate of drug-likeness (QED) is 0.449. The van der Waals surface area contributed by atoms with E-state index in [-0.39, 0.29) is 0 Å². The molecule has 150 valence electrons. The molecule has 5 rings (SSSR count). The maximum Gasteiger partial charge on any atom is 0.123 e. The Kier molecular flexibility index (Phi) is 4.90. The molecule has 4 nitrogen and oxygen atoms in total. The van der Waals surface area contributed by atoms with Crippen molar-refractivity contribution in [2.45, 2.75) is 32.8 Å². The van der Waals surface area contributed by atoms with E-state index < -0.39 is 0 Å². The molecule has 0 unspecified atom stereocenters. The SMILES string of the molecule is CCc1c(-c2ccccc2O)c2ccc3ccc(COCCN4CCCC4)c1n32. The number of para-hydroxylation sites is 1. The Balaban J connectivity index is 1.52. The van der Waals surface area contributed by atoms with Gasteiger partial charge in [0.15, 0.2) is 0 Å². The zero-order valence-electron chi connectivity index (χ0n) is 17.0. The number of aryl methyl sites for hydroxylation is 1. The van der Waals surface area contributed by atoms with E-state index in [2.05, 4.69) is 40.5 Å². The molecule has 0 saturated carbocycles. The molecule has 1 aliphatic rings. The molecule has 0 spiro atoms. The first kappa shape index (κ1) is 18.5. The van der Waals surface area contributed by atoms with Gasteiger partial charge in [0.2, 0.25) is 0 Å². The van der Waals surface area contributed by atoms with E-state index in [9.17, 15) is 5.11 Å². The van der Waals surface area contributed by atoms with Crippen LogP contribution in [0.15, 0.2) is 48.5 Å². The molecule has 1 fully saturated rings. The van der Waals surface area contributed by atoms with Gasteiger partial charge < -0.3 is 19.1 Å². The van der Waals surface area contributed by atoms with Crippen molar-refractivity contribution in [3.05, 3.63) is 59.7 Å². The van der Waals surface area contributed by atoms with Crippen LogP contribution in [0.5, 0.6) is 5.75 Å². The van der Waals surface area contributed by atoms with Gasteiger partial charge in [-0.3, -0.25) is 0 Å². The summed E-state index contributed by atoms with van der Waals surface area (Å²) in [6.07, 6.45) is 3.54. The highest BCUT2D eigenvalue weighted by atomic mass is 16.5. The number of hydrogen-bond donors (Lipinski definition) is 1. The standard InChI is InChI=1S/C25H28N2O2/c1-2-20-24(21-7-3-4-8-23(21)28)22-12-11-19-10-9-18(25(20)27(19)22)17-29-16-15-26-13-5-6-14-26/h3-4,7-12,28H,2,5-6,13-17H2,1H3. The average molecular weight is 389 g/mol. The molecule has 4 heteroatoms. The summed E-state index contributed by atoms with van der Waals surface area (Å²) in [6.45, 7) is 7.02. The van der Waals surface area contributed by atoms with Crippen LogP contribution in [0.4, 0.5) is 0 Å². The van der Waals surface area contributed by atoms with Crippen LogP contribution in [0.25, 0.3) is 27.7 Å². The molecule has 0 radical (unpaired) electrons. The van der Waals surface area contributed by atoms with Crippen LogP contribution in [0.3, 0.4) is 0 Å². The number of phenols is 1. The Bertz CT molecular complexity index is 1120. The summed E-state index contributed by atoms with van der Waals surface area (Å²) in [5.74, 6) is 0.333. The second-order valence-corrected chi connectivity index (χ2v) is 8.01. The van der Waals surface area contributed by atoms with Crippen molar-refractivity contribution in [1.29, 1.82) is 0 Å². The van der Waals surface area contributed by atoms with Gasteiger partial charge in [-0.05, 0) is 62.2 Å². The highest BCUT2D eigenvalue weighted by molar-refractivity contribution is 5.97. The number of hydrogen-bond acceptors (Lipinski definition) is 3. The highest BCUT2D eigenvalue weighted by Crippen LogP contribution is 2.41. The van der Waals surface area contributed by atoms with Gasteiger partial charge in [0, 0.05) is 28.8 Å². The fourth-order valence-electron chi connectivity index (χ4n) is 4.87. The molecule has 1 saturated heterocycles. The summed E-state index contributed by atoms with van der Waals surface area (Å²) in [4.78, 5) is 2.49. The van der Waals surface area contributed by atoms with Crippen molar-refractivity contribution < 1.29 is 9.84 Å². The third kappa shape index (κ3) is 3.17. The predicted octanol–water partition coefficient (Wildman–Crippen LogP) is 5.08. The largest absolute Gasteiger partial charge is 0.507 e. The Labute approximate surface area is 171 Å². The van der Waals surface area contributed by atoms with Gasteiger partial charge >= 0.3 is 0 Å². The van der Waals surface area contributed by atoms with E-state index >= 15 is 0 Å². The van der Waals surface area contributed by atoms with Gasteiger partial charge in [-0.15, -0.1) is 0 Å². The van der Waals surface area contributed by atoms with E-state index in [1.165, 1.54) is 48.1 Å². The topological polar surface area (TPSA) is 37.1 Å². The van der Waals surface area contributed by atoms with Gasteiger partial charge in [0.05, 0.1) is 24.2 Å². The van der Waals surface area contributed by atoms with Gasteiger partial charge in [-0.25, -0.2) is 0 Å². The van der Waals surface area contributed by atoms with Crippen molar-refractivity contribution >= 4 is 16.6 Å². The first-order valence-electron chi connectivity index (χ1n) is 10.7. The summed E-state index contributed by atoms with van der Waals surface area (Å²) >= 11 is 0. The summed E-state index contributed by atoms with van der Waals surface area (Å²) in [5, 5.41) is 10.5. The van der Waals surface area contributed by atoms with Gasteiger partial charge in [-0.1, -0.05) is 31.2 Å². The number of likely N-dealkylation sites (tertiary alicyclic amines) is 1. The normalized spacial score (nSPS) is 15.2. The molecule has 1 aliphatic heterocycles. The highest BCUT2D eigenvalue weighted by Gasteiger charge is 2.22. The van der Waals surface area contributed by atoms with E-state index in [1.54, 1.807) is 6.07 Å². The van der Waals surface area contributed by atoms with Gasteiger partial charge in [0.25, 0.3) is 0 Å². The summed E-state index contributed by atoms with van der Waals surface area (Å²) < 4.78 is 8.44. The van der Waals surface area contributed by atoms with E-state index in [0.29, 0.717) is 12.4 Å². The molecule has 4 aromatic rings. The monoisotopic (exact) mass is 388 g/mol. The zero-order valence-corrected chi connectivity index (χ0v) is 17.0. The Morgan fingerprint density at radius 2 is 1.79 bits per heavy atom. The fourth-order valence-corrected chi connectivity index (χ4v) is 4.87. The minimum Gasteiger partial charge on any atom is -0.507 e. The second kappa shape index (κ2) is 7.69. The van der Waals surface area contributed by atoms with E-state index in [4.69, 9.17) is 4.74 Å². The molecular weight excluding hydrogens is 360 g/mol. The minimum atomic E-state index is 0.333. The average Bonchev–Trinajstić information content (AvgIpc) is 3.46. The van der Waals surface area contributed by atoms with Crippen LogP contribution in [0, 0.1) is 0 Å². The van der Waals surface area contributed by atoms with Crippen LogP contribution >= 0.6 is 0 Å². The first-order valence-corrected chi connectivity index (χ1v) is 10.7. The smallest absolute Gasteiger partial charge is 0.123 e. The molecule has 0 aliphatic carbocycles. The lowest BCUT2D eigenvalue weighted by Gasteiger charge is -2.15. The third-order valence-electron chi connectivity index (χ3n) is 6.27. The van der Waals surface area contributed by atoms with Gasteiger partial charge in [0.1, 0.15) is 5.75 Å². The van der Waals surface area contributed by atoms with Crippen molar-refractivity contribution in [2.75, 3.05) is 26.2 Å². The molecule has 29 heavy (non-hydrogen) atoms. The van der Waals surface area contributed by atoms with Crippen molar-refractivity contribution in [2.24, 2.45) is 0 Å². The maximum atomic E-state index is 10.5. The lowest BCUT2D eigenvalue weighted by molar-refractivity contribution is 0.0998. The predicted molar refractivity (Wildman–Crippen MR) is 118 cm³/mol.